The minimum absolute atomic E-state index is 0.279. The zero-order chi connectivity index (χ0) is 11.3. The van der Waals surface area contributed by atoms with Gasteiger partial charge in [-0.15, -0.1) is 0 Å². The number of rotatable bonds is 4. The molecule has 0 saturated heterocycles. The SMILES string of the molecule is CN(CC#N)Cc1ccc(C(=O)O)cc1. The number of aromatic carboxylic acids is 1. The van der Waals surface area contributed by atoms with Crippen LogP contribution in [0.1, 0.15) is 15.9 Å². The molecule has 0 fully saturated rings. The number of benzene rings is 1. The van der Waals surface area contributed by atoms with Crippen LogP contribution >= 0.6 is 0 Å². The largest absolute Gasteiger partial charge is 0.478 e. The standard InChI is InChI=1S/C11H12N2O2/c1-13(7-6-12)8-9-2-4-10(5-3-9)11(14)15/h2-5H,7-8H2,1H3,(H,14,15). The molecule has 0 aliphatic carbocycles. The normalized spacial score (nSPS) is 9.93. The summed E-state index contributed by atoms with van der Waals surface area (Å²) in [6.45, 7) is 1.01. The lowest BCUT2D eigenvalue weighted by Gasteiger charge is -2.12. The molecule has 0 aliphatic heterocycles. The molecule has 1 rings (SSSR count). The highest BCUT2D eigenvalue weighted by Gasteiger charge is 2.03. The smallest absolute Gasteiger partial charge is 0.335 e. The van der Waals surface area contributed by atoms with Gasteiger partial charge < -0.3 is 5.11 Å². The van der Waals surface area contributed by atoms with E-state index < -0.39 is 5.97 Å². The fourth-order valence-corrected chi connectivity index (χ4v) is 1.24. The molecule has 0 amide bonds. The Morgan fingerprint density at radius 1 is 1.47 bits per heavy atom. The van der Waals surface area contributed by atoms with Crippen LogP contribution in [0.3, 0.4) is 0 Å². The summed E-state index contributed by atoms with van der Waals surface area (Å²) in [5, 5.41) is 17.2. The number of hydrogen-bond donors (Lipinski definition) is 1. The van der Waals surface area contributed by atoms with Crippen LogP contribution in [-0.4, -0.2) is 29.6 Å². The molecular weight excluding hydrogens is 192 g/mol. The summed E-state index contributed by atoms with van der Waals surface area (Å²) in [6, 6.07) is 8.71. The van der Waals surface area contributed by atoms with Gasteiger partial charge in [-0.25, -0.2) is 4.79 Å². The van der Waals surface area contributed by atoms with Gasteiger partial charge in [0.2, 0.25) is 0 Å². The van der Waals surface area contributed by atoms with Crippen molar-refractivity contribution in [3.8, 4) is 6.07 Å². The van der Waals surface area contributed by atoms with Crippen LogP contribution in [0.5, 0.6) is 0 Å². The summed E-state index contributed by atoms with van der Waals surface area (Å²) >= 11 is 0. The molecule has 78 valence electrons. The minimum atomic E-state index is -0.924. The molecule has 1 aromatic carbocycles. The van der Waals surface area contributed by atoms with Crippen molar-refractivity contribution in [3.05, 3.63) is 35.4 Å². The van der Waals surface area contributed by atoms with Gasteiger partial charge in [0, 0.05) is 6.54 Å². The third-order valence-electron chi connectivity index (χ3n) is 1.99. The number of carboxylic acid groups (broad SMARTS) is 1. The molecule has 4 heteroatoms. The monoisotopic (exact) mass is 204 g/mol. The quantitative estimate of drug-likeness (QED) is 0.752. The van der Waals surface area contributed by atoms with E-state index in [0.29, 0.717) is 13.1 Å². The van der Waals surface area contributed by atoms with Gasteiger partial charge in [-0.05, 0) is 24.7 Å². The Bertz CT molecular complexity index is 379. The fourth-order valence-electron chi connectivity index (χ4n) is 1.24. The third kappa shape index (κ3) is 3.41. The van der Waals surface area contributed by atoms with Crippen LogP contribution < -0.4 is 0 Å². The maximum Gasteiger partial charge on any atom is 0.335 e. The van der Waals surface area contributed by atoms with Gasteiger partial charge in [-0.2, -0.15) is 5.26 Å². The van der Waals surface area contributed by atoms with Gasteiger partial charge in [0.05, 0.1) is 18.2 Å². The van der Waals surface area contributed by atoms with E-state index in [0.717, 1.165) is 5.56 Å². The number of carbonyl (C=O) groups is 1. The third-order valence-corrected chi connectivity index (χ3v) is 1.99. The average Bonchev–Trinajstić information content (AvgIpc) is 2.18. The maximum absolute atomic E-state index is 10.6. The molecular formula is C11H12N2O2. The van der Waals surface area contributed by atoms with Crippen molar-refractivity contribution in [2.75, 3.05) is 13.6 Å². The van der Waals surface area contributed by atoms with E-state index in [4.69, 9.17) is 10.4 Å². The van der Waals surface area contributed by atoms with Crippen molar-refractivity contribution in [2.24, 2.45) is 0 Å². The van der Waals surface area contributed by atoms with E-state index in [1.165, 1.54) is 0 Å². The van der Waals surface area contributed by atoms with Gasteiger partial charge >= 0.3 is 5.97 Å². The Balaban J connectivity index is 2.65. The summed E-state index contributed by atoms with van der Waals surface area (Å²) in [5.41, 5.74) is 1.28. The predicted octanol–water partition coefficient (Wildman–Crippen LogP) is 1.34. The molecule has 4 nitrogen and oxygen atoms in total. The van der Waals surface area contributed by atoms with Crippen LogP contribution in [0, 0.1) is 11.3 Å². The van der Waals surface area contributed by atoms with Crippen molar-refractivity contribution in [2.45, 2.75) is 6.54 Å². The van der Waals surface area contributed by atoms with Gasteiger partial charge in [-0.1, -0.05) is 12.1 Å². The summed E-state index contributed by atoms with van der Waals surface area (Å²) in [6.07, 6.45) is 0. The second-order valence-electron chi connectivity index (χ2n) is 3.33. The topological polar surface area (TPSA) is 64.3 Å². The van der Waals surface area contributed by atoms with E-state index >= 15 is 0 Å². The molecule has 0 saturated carbocycles. The Kier molecular flexibility index (Phi) is 3.83. The molecule has 0 aliphatic rings. The summed E-state index contributed by atoms with van der Waals surface area (Å²) in [5.74, 6) is -0.924. The van der Waals surface area contributed by atoms with Crippen molar-refractivity contribution >= 4 is 5.97 Å². The first-order chi connectivity index (χ1) is 7.13. The van der Waals surface area contributed by atoms with Gasteiger partial charge in [-0.3, -0.25) is 4.90 Å². The van der Waals surface area contributed by atoms with Crippen molar-refractivity contribution < 1.29 is 9.90 Å². The number of nitrogens with zero attached hydrogens (tertiary/aromatic N) is 2. The zero-order valence-electron chi connectivity index (χ0n) is 8.47. The fraction of sp³-hybridized carbons (Fsp3) is 0.273. The van der Waals surface area contributed by atoms with Gasteiger partial charge in [0.1, 0.15) is 0 Å². The second kappa shape index (κ2) is 5.13. The number of hydrogen-bond acceptors (Lipinski definition) is 3. The highest BCUT2D eigenvalue weighted by Crippen LogP contribution is 2.06. The highest BCUT2D eigenvalue weighted by atomic mass is 16.4. The Morgan fingerprint density at radius 3 is 2.53 bits per heavy atom. The van der Waals surface area contributed by atoms with E-state index in [2.05, 4.69) is 0 Å². The summed E-state index contributed by atoms with van der Waals surface area (Å²) < 4.78 is 0. The molecule has 0 aromatic heterocycles. The van der Waals surface area contributed by atoms with Crippen molar-refractivity contribution in [1.29, 1.82) is 5.26 Å². The molecule has 0 unspecified atom stereocenters. The molecule has 15 heavy (non-hydrogen) atoms. The van der Waals surface area contributed by atoms with Crippen LogP contribution in [0.2, 0.25) is 0 Å². The van der Waals surface area contributed by atoms with E-state index in [-0.39, 0.29) is 5.56 Å². The van der Waals surface area contributed by atoms with E-state index in [9.17, 15) is 4.79 Å². The predicted molar refractivity (Wildman–Crippen MR) is 55.3 cm³/mol. The van der Waals surface area contributed by atoms with Gasteiger partial charge in [0.25, 0.3) is 0 Å². The lowest BCUT2D eigenvalue weighted by molar-refractivity contribution is 0.0697. The lowest BCUT2D eigenvalue weighted by Crippen LogP contribution is -2.17. The van der Waals surface area contributed by atoms with E-state index in [1.807, 2.05) is 18.0 Å². The summed E-state index contributed by atoms with van der Waals surface area (Å²) in [4.78, 5) is 12.4. The van der Waals surface area contributed by atoms with Crippen molar-refractivity contribution in [3.63, 3.8) is 0 Å². The summed E-state index contributed by atoms with van der Waals surface area (Å²) in [7, 11) is 1.84. The van der Waals surface area contributed by atoms with Crippen molar-refractivity contribution in [1.82, 2.24) is 4.90 Å². The number of nitriles is 1. The molecule has 1 aromatic rings. The van der Waals surface area contributed by atoms with Crippen LogP contribution in [0.4, 0.5) is 0 Å². The minimum Gasteiger partial charge on any atom is -0.478 e. The average molecular weight is 204 g/mol. The second-order valence-corrected chi connectivity index (χ2v) is 3.33. The first-order valence-corrected chi connectivity index (χ1v) is 4.51. The molecule has 0 radical (unpaired) electrons. The highest BCUT2D eigenvalue weighted by molar-refractivity contribution is 5.87. The molecule has 0 heterocycles. The maximum atomic E-state index is 10.6. The molecule has 0 atom stereocenters. The van der Waals surface area contributed by atoms with Gasteiger partial charge in [0.15, 0.2) is 0 Å². The Hall–Kier alpha value is -1.86. The van der Waals surface area contributed by atoms with Crippen LogP contribution in [0.25, 0.3) is 0 Å². The first-order valence-electron chi connectivity index (χ1n) is 4.51. The molecule has 1 N–H and O–H groups in total. The Morgan fingerprint density at radius 2 is 2.07 bits per heavy atom. The Labute approximate surface area is 88.4 Å². The number of carboxylic acids is 1. The zero-order valence-corrected chi connectivity index (χ0v) is 8.47. The first kappa shape index (κ1) is 11.2. The van der Waals surface area contributed by atoms with Crippen LogP contribution in [0.15, 0.2) is 24.3 Å². The van der Waals surface area contributed by atoms with Crippen LogP contribution in [-0.2, 0) is 6.54 Å². The van der Waals surface area contributed by atoms with E-state index in [1.54, 1.807) is 24.3 Å². The molecule has 0 bridgehead atoms. The molecule has 0 spiro atoms. The lowest BCUT2D eigenvalue weighted by atomic mass is 10.1.